The van der Waals surface area contributed by atoms with E-state index in [-0.39, 0.29) is 12.5 Å². The van der Waals surface area contributed by atoms with Gasteiger partial charge in [0.1, 0.15) is 5.75 Å². The van der Waals surface area contributed by atoms with Gasteiger partial charge in [0.15, 0.2) is 6.61 Å². The summed E-state index contributed by atoms with van der Waals surface area (Å²) in [5, 5.41) is 2.85. The highest BCUT2D eigenvalue weighted by Crippen LogP contribution is 2.28. The van der Waals surface area contributed by atoms with Gasteiger partial charge >= 0.3 is 0 Å². The SMILES string of the molecule is Cc1cc(I)ccc1NC(=O)COc1ccc(Br)cc1Br. The first-order chi connectivity index (χ1) is 9.95. The first-order valence-corrected chi connectivity index (χ1v) is 8.76. The average molecular weight is 525 g/mol. The van der Waals surface area contributed by atoms with Gasteiger partial charge in [0, 0.05) is 13.7 Å². The zero-order valence-corrected chi connectivity index (χ0v) is 16.5. The fourth-order valence-electron chi connectivity index (χ4n) is 1.69. The lowest BCUT2D eigenvalue weighted by Gasteiger charge is -2.11. The third-order valence-corrected chi connectivity index (χ3v) is 4.50. The maximum Gasteiger partial charge on any atom is 0.262 e. The Bertz CT molecular complexity index is 677. The first-order valence-electron chi connectivity index (χ1n) is 6.09. The molecule has 0 unspecified atom stereocenters. The van der Waals surface area contributed by atoms with Crippen molar-refractivity contribution in [3.05, 3.63) is 54.5 Å². The molecule has 1 amide bonds. The standard InChI is InChI=1S/C15H12Br2INO2/c1-9-6-11(18)3-4-13(9)19-15(20)8-21-14-5-2-10(16)7-12(14)17/h2-7H,8H2,1H3,(H,19,20). The van der Waals surface area contributed by atoms with E-state index in [4.69, 9.17) is 4.74 Å². The van der Waals surface area contributed by atoms with Crippen LogP contribution in [0.3, 0.4) is 0 Å². The summed E-state index contributed by atoms with van der Waals surface area (Å²) in [6.45, 7) is 1.93. The van der Waals surface area contributed by atoms with E-state index >= 15 is 0 Å². The van der Waals surface area contributed by atoms with Gasteiger partial charge in [-0.1, -0.05) is 15.9 Å². The zero-order valence-electron chi connectivity index (χ0n) is 11.1. The molecule has 110 valence electrons. The molecule has 0 aliphatic heterocycles. The Balaban J connectivity index is 1.96. The van der Waals surface area contributed by atoms with Crippen LogP contribution in [0.25, 0.3) is 0 Å². The molecule has 0 atom stereocenters. The molecule has 0 aliphatic carbocycles. The number of rotatable bonds is 4. The number of amides is 1. The van der Waals surface area contributed by atoms with Crippen molar-refractivity contribution in [2.45, 2.75) is 6.92 Å². The molecule has 0 saturated heterocycles. The van der Waals surface area contributed by atoms with Crippen molar-refractivity contribution in [3.63, 3.8) is 0 Å². The van der Waals surface area contributed by atoms with Gasteiger partial charge in [-0.25, -0.2) is 0 Å². The number of ether oxygens (including phenoxy) is 1. The van der Waals surface area contributed by atoms with Gasteiger partial charge in [0.05, 0.1) is 4.47 Å². The van der Waals surface area contributed by atoms with E-state index in [1.807, 2.05) is 37.3 Å². The second kappa shape index (κ2) is 7.60. The molecule has 3 nitrogen and oxygen atoms in total. The summed E-state index contributed by atoms with van der Waals surface area (Å²) < 4.78 is 8.39. The maximum absolute atomic E-state index is 11.9. The van der Waals surface area contributed by atoms with Crippen molar-refractivity contribution in [1.82, 2.24) is 0 Å². The molecule has 2 aromatic carbocycles. The predicted molar refractivity (Wildman–Crippen MR) is 99.9 cm³/mol. The molecule has 0 bridgehead atoms. The van der Waals surface area contributed by atoms with E-state index in [0.29, 0.717) is 5.75 Å². The topological polar surface area (TPSA) is 38.3 Å². The summed E-state index contributed by atoms with van der Waals surface area (Å²) in [4.78, 5) is 11.9. The van der Waals surface area contributed by atoms with Crippen LogP contribution in [0, 0.1) is 10.5 Å². The lowest BCUT2D eigenvalue weighted by atomic mass is 10.2. The number of nitrogens with one attached hydrogen (secondary N) is 1. The van der Waals surface area contributed by atoms with Crippen LogP contribution < -0.4 is 10.1 Å². The quantitative estimate of drug-likeness (QED) is 0.562. The minimum atomic E-state index is -0.186. The molecule has 0 radical (unpaired) electrons. The highest BCUT2D eigenvalue weighted by atomic mass is 127. The number of anilines is 1. The molecule has 2 rings (SSSR count). The van der Waals surface area contributed by atoms with Crippen LogP contribution in [0.2, 0.25) is 0 Å². The van der Waals surface area contributed by atoms with Crippen molar-refractivity contribution in [2.75, 3.05) is 11.9 Å². The van der Waals surface area contributed by atoms with E-state index in [1.165, 1.54) is 0 Å². The van der Waals surface area contributed by atoms with Gasteiger partial charge in [-0.15, -0.1) is 0 Å². The number of aryl methyl sites for hydroxylation is 1. The highest BCUT2D eigenvalue weighted by molar-refractivity contribution is 14.1. The molecule has 21 heavy (non-hydrogen) atoms. The molecule has 0 saturated carbocycles. The van der Waals surface area contributed by atoms with E-state index in [2.05, 4.69) is 59.8 Å². The summed E-state index contributed by atoms with van der Waals surface area (Å²) in [5.41, 5.74) is 1.83. The molecular weight excluding hydrogens is 513 g/mol. The number of halogens is 3. The van der Waals surface area contributed by atoms with E-state index in [0.717, 1.165) is 23.8 Å². The van der Waals surface area contributed by atoms with Gasteiger partial charge < -0.3 is 10.1 Å². The summed E-state index contributed by atoms with van der Waals surface area (Å²) in [6, 6.07) is 11.4. The molecule has 0 spiro atoms. The van der Waals surface area contributed by atoms with Gasteiger partial charge in [-0.05, 0) is 87.4 Å². The van der Waals surface area contributed by atoms with E-state index in [1.54, 1.807) is 6.07 Å². The predicted octanol–water partition coefficient (Wildman–Crippen LogP) is 5.14. The van der Waals surface area contributed by atoms with Crippen LogP contribution in [0.15, 0.2) is 45.3 Å². The number of hydrogen-bond acceptors (Lipinski definition) is 2. The number of benzene rings is 2. The first kappa shape index (κ1) is 16.8. The number of carbonyl (C=O) groups is 1. The van der Waals surface area contributed by atoms with E-state index < -0.39 is 0 Å². The third kappa shape index (κ3) is 4.96. The Morgan fingerprint density at radius 1 is 1.24 bits per heavy atom. The molecule has 0 aliphatic rings. The van der Waals surface area contributed by atoms with Crippen LogP contribution in [-0.4, -0.2) is 12.5 Å². The van der Waals surface area contributed by atoms with Crippen molar-refractivity contribution >= 4 is 66.0 Å². The third-order valence-electron chi connectivity index (χ3n) is 2.72. The largest absolute Gasteiger partial charge is 0.483 e. The highest BCUT2D eigenvalue weighted by Gasteiger charge is 2.08. The molecule has 1 N–H and O–H groups in total. The average Bonchev–Trinajstić information content (AvgIpc) is 2.41. The molecule has 0 heterocycles. The summed E-state index contributed by atoms with van der Waals surface area (Å²) in [5.74, 6) is 0.446. The van der Waals surface area contributed by atoms with Crippen LogP contribution >= 0.6 is 54.5 Å². The Morgan fingerprint density at radius 2 is 2.00 bits per heavy atom. The van der Waals surface area contributed by atoms with Crippen molar-refractivity contribution in [3.8, 4) is 5.75 Å². The van der Waals surface area contributed by atoms with E-state index in [9.17, 15) is 4.79 Å². The second-order valence-corrected chi connectivity index (χ2v) is 7.39. The fraction of sp³-hybridized carbons (Fsp3) is 0.133. The van der Waals surface area contributed by atoms with Crippen LogP contribution in [0.5, 0.6) is 5.75 Å². The molecule has 0 aromatic heterocycles. The molecule has 6 heteroatoms. The van der Waals surface area contributed by atoms with Crippen LogP contribution in [0.4, 0.5) is 5.69 Å². The van der Waals surface area contributed by atoms with Gasteiger partial charge in [0.2, 0.25) is 0 Å². The Hall–Kier alpha value is -0.600. The zero-order chi connectivity index (χ0) is 15.4. The minimum absolute atomic E-state index is 0.0361. The monoisotopic (exact) mass is 523 g/mol. The van der Waals surface area contributed by atoms with Crippen LogP contribution in [-0.2, 0) is 4.79 Å². The lowest BCUT2D eigenvalue weighted by Crippen LogP contribution is -2.20. The number of carbonyl (C=O) groups excluding carboxylic acids is 1. The number of hydrogen-bond donors (Lipinski definition) is 1. The second-order valence-electron chi connectivity index (χ2n) is 4.37. The lowest BCUT2D eigenvalue weighted by molar-refractivity contribution is -0.118. The van der Waals surface area contributed by atoms with Crippen molar-refractivity contribution in [2.24, 2.45) is 0 Å². The smallest absolute Gasteiger partial charge is 0.262 e. The Morgan fingerprint density at radius 3 is 2.67 bits per heavy atom. The van der Waals surface area contributed by atoms with Crippen molar-refractivity contribution < 1.29 is 9.53 Å². The minimum Gasteiger partial charge on any atom is -0.483 e. The fourth-order valence-corrected chi connectivity index (χ4v) is 3.50. The maximum atomic E-state index is 11.9. The Kier molecular flexibility index (Phi) is 6.07. The van der Waals surface area contributed by atoms with Gasteiger partial charge in [0.25, 0.3) is 5.91 Å². The Labute approximate surface area is 153 Å². The normalized spacial score (nSPS) is 10.3. The molecule has 0 fully saturated rings. The molecular formula is C15H12Br2INO2. The van der Waals surface area contributed by atoms with Gasteiger partial charge in [-0.3, -0.25) is 4.79 Å². The summed E-state index contributed by atoms with van der Waals surface area (Å²) in [7, 11) is 0. The molecule has 2 aromatic rings. The van der Waals surface area contributed by atoms with Crippen molar-refractivity contribution in [1.29, 1.82) is 0 Å². The van der Waals surface area contributed by atoms with Gasteiger partial charge in [-0.2, -0.15) is 0 Å². The van der Waals surface area contributed by atoms with Crippen LogP contribution in [0.1, 0.15) is 5.56 Å². The summed E-state index contributed by atoms with van der Waals surface area (Å²) >= 11 is 9.00. The summed E-state index contributed by atoms with van der Waals surface area (Å²) in [6.07, 6.45) is 0.